The van der Waals surface area contributed by atoms with Crippen LogP contribution in [0.4, 0.5) is 11.4 Å². The first-order valence-electron chi connectivity index (χ1n) is 10.6. The molecule has 0 saturated carbocycles. The SMILES string of the molecule is Cc1cccc(Nc2ccccc2C(=O)N2CCC(N3CCCC3)CC2)c1C. The minimum atomic E-state index is 0.147. The van der Waals surface area contributed by atoms with Gasteiger partial charge < -0.3 is 15.1 Å². The monoisotopic (exact) mass is 377 g/mol. The van der Waals surface area contributed by atoms with E-state index in [1.54, 1.807) is 0 Å². The smallest absolute Gasteiger partial charge is 0.255 e. The van der Waals surface area contributed by atoms with E-state index in [4.69, 9.17) is 0 Å². The first-order chi connectivity index (χ1) is 13.6. The van der Waals surface area contributed by atoms with Gasteiger partial charge in [0.1, 0.15) is 0 Å². The lowest BCUT2D eigenvalue weighted by molar-refractivity contribution is 0.0645. The molecule has 0 unspecified atom stereocenters. The number of aryl methyl sites for hydroxylation is 1. The second kappa shape index (κ2) is 8.36. The summed E-state index contributed by atoms with van der Waals surface area (Å²) >= 11 is 0. The summed E-state index contributed by atoms with van der Waals surface area (Å²) in [5.41, 5.74) is 5.19. The van der Waals surface area contributed by atoms with Crippen LogP contribution in [0.2, 0.25) is 0 Å². The van der Waals surface area contributed by atoms with Crippen molar-refractivity contribution in [2.24, 2.45) is 0 Å². The molecule has 2 aliphatic rings. The summed E-state index contributed by atoms with van der Waals surface area (Å²) < 4.78 is 0. The van der Waals surface area contributed by atoms with Crippen LogP contribution in [0.3, 0.4) is 0 Å². The molecule has 2 aromatic rings. The molecule has 28 heavy (non-hydrogen) atoms. The fraction of sp³-hybridized carbons (Fsp3) is 0.458. The molecular formula is C24H31N3O. The number of anilines is 2. The Bertz CT molecular complexity index is 833. The summed E-state index contributed by atoms with van der Waals surface area (Å²) in [6.07, 6.45) is 4.85. The second-order valence-electron chi connectivity index (χ2n) is 8.18. The molecule has 2 aromatic carbocycles. The maximum Gasteiger partial charge on any atom is 0.255 e. The molecular weight excluding hydrogens is 346 g/mol. The standard InChI is InChI=1S/C24H31N3O/c1-18-8-7-11-22(19(18)2)25-23-10-4-3-9-21(23)24(28)27-16-12-20(13-17-27)26-14-5-6-15-26/h3-4,7-11,20,25H,5-6,12-17H2,1-2H3. The molecule has 0 bridgehead atoms. The number of carbonyl (C=O) groups is 1. The average Bonchev–Trinajstić information content (AvgIpc) is 3.26. The van der Waals surface area contributed by atoms with Crippen molar-refractivity contribution in [3.8, 4) is 0 Å². The van der Waals surface area contributed by atoms with Crippen LogP contribution in [0.5, 0.6) is 0 Å². The lowest BCUT2D eigenvalue weighted by Gasteiger charge is -2.37. The van der Waals surface area contributed by atoms with Gasteiger partial charge in [-0.25, -0.2) is 0 Å². The van der Waals surface area contributed by atoms with E-state index in [-0.39, 0.29) is 5.91 Å². The van der Waals surface area contributed by atoms with Gasteiger partial charge in [-0.15, -0.1) is 0 Å². The number of benzene rings is 2. The number of carbonyl (C=O) groups excluding carboxylic acids is 1. The normalized spacial score (nSPS) is 18.4. The van der Waals surface area contributed by atoms with E-state index in [0.29, 0.717) is 6.04 Å². The zero-order valence-corrected chi connectivity index (χ0v) is 17.1. The van der Waals surface area contributed by atoms with Gasteiger partial charge in [-0.3, -0.25) is 4.79 Å². The van der Waals surface area contributed by atoms with Crippen molar-refractivity contribution in [1.29, 1.82) is 0 Å². The molecule has 2 fully saturated rings. The Morgan fingerprint density at radius 2 is 1.57 bits per heavy atom. The van der Waals surface area contributed by atoms with Gasteiger partial charge in [-0.2, -0.15) is 0 Å². The Hall–Kier alpha value is -2.33. The molecule has 0 aliphatic carbocycles. The fourth-order valence-corrected chi connectivity index (χ4v) is 4.52. The van der Waals surface area contributed by atoms with Crippen molar-refractivity contribution >= 4 is 17.3 Å². The predicted octanol–water partition coefficient (Wildman–Crippen LogP) is 4.75. The van der Waals surface area contributed by atoms with Crippen LogP contribution >= 0.6 is 0 Å². The first-order valence-corrected chi connectivity index (χ1v) is 10.6. The molecule has 1 amide bonds. The Balaban J connectivity index is 1.47. The van der Waals surface area contributed by atoms with Gasteiger partial charge in [0.2, 0.25) is 0 Å². The highest BCUT2D eigenvalue weighted by Gasteiger charge is 2.29. The molecule has 148 valence electrons. The van der Waals surface area contributed by atoms with E-state index >= 15 is 0 Å². The fourth-order valence-electron chi connectivity index (χ4n) is 4.52. The van der Waals surface area contributed by atoms with E-state index in [1.165, 1.54) is 37.1 Å². The lowest BCUT2D eigenvalue weighted by atomic mass is 10.0. The summed E-state index contributed by atoms with van der Waals surface area (Å²) in [5.74, 6) is 0.147. The molecule has 0 radical (unpaired) electrons. The molecule has 1 N–H and O–H groups in total. The van der Waals surface area contributed by atoms with Crippen molar-refractivity contribution in [2.75, 3.05) is 31.5 Å². The number of hydrogen-bond donors (Lipinski definition) is 1. The number of likely N-dealkylation sites (tertiary alicyclic amines) is 2. The molecule has 2 saturated heterocycles. The van der Waals surface area contributed by atoms with E-state index in [0.717, 1.165) is 42.9 Å². The average molecular weight is 378 g/mol. The Labute approximate surface area is 168 Å². The van der Waals surface area contributed by atoms with Gasteiger partial charge in [-0.1, -0.05) is 24.3 Å². The van der Waals surface area contributed by atoms with E-state index in [2.05, 4.69) is 42.3 Å². The molecule has 0 atom stereocenters. The summed E-state index contributed by atoms with van der Waals surface area (Å²) in [5, 5.41) is 3.50. The molecule has 0 aromatic heterocycles. The molecule has 4 nitrogen and oxygen atoms in total. The van der Waals surface area contributed by atoms with Crippen LogP contribution < -0.4 is 5.32 Å². The summed E-state index contributed by atoms with van der Waals surface area (Å²) in [6.45, 7) is 8.42. The van der Waals surface area contributed by atoms with Gasteiger partial charge in [0.15, 0.2) is 0 Å². The van der Waals surface area contributed by atoms with Crippen LogP contribution in [0, 0.1) is 13.8 Å². The highest BCUT2D eigenvalue weighted by molar-refractivity contribution is 6.00. The highest BCUT2D eigenvalue weighted by Crippen LogP contribution is 2.28. The number of hydrogen-bond acceptors (Lipinski definition) is 3. The Morgan fingerprint density at radius 3 is 2.32 bits per heavy atom. The number of rotatable bonds is 4. The lowest BCUT2D eigenvalue weighted by Crippen LogP contribution is -2.46. The van der Waals surface area contributed by atoms with Gasteiger partial charge >= 0.3 is 0 Å². The third kappa shape index (κ3) is 3.93. The van der Waals surface area contributed by atoms with Gasteiger partial charge in [0, 0.05) is 24.8 Å². The topological polar surface area (TPSA) is 35.6 Å². The largest absolute Gasteiger partial charge is 0.355 e. The van der Waals surface area contributed by atoms with Crippen LogP contribution in [-0.4, -0.2) is 47.9 Å². The zero-order chi connectivity index (χ0) is 19.5. The van der Waals surface area contributed by atoms with Crippen molar-refractivity contribution in [2.45, 2.75) is 45.6 Å². The number of amides is 1. The second-order valence-corrected chi connectivity index (χ2v) is 8.18. The third-order valence-corrected chi connectivity index (χ3v) is 6.44. The number of nitrogens with zero attached hydrogens (tertiary/aromatic N) is 2. The zero-order valence-electron chi connectivity index (χ0n) is 17.1. The van der Waals surface area contributed by atoms with Gasteiger partial charge in [-0.05, 0) is 81.9 Å². The first kappa shape index (κ1) is 19.0. The maximum atomic E-state index is 13.3. The van der Waals surface area contributed by atoms with Crippen LogP contribution in [0.25, 0.3) is 0 Å². The van der Waals surface area contributed by atoms with Crippen LogP contribution in [0.1, 0.15) is 47.2 Å². The van der Waals surface area contributed by atoms with E-state index in [9.17, 15) is 4.79 Å². The maximum absolute atomic E-state index is 13.3. The quantitative estimate of drug-likeness (QED) is 0.835. The summed E-state index contributed by atoms with van der Waals surface area (Å²) in [4.78, 5) is 17.9. The highest BCUT2D eigenvalue weighted by atomic mass is 16.2. The molecule has 0 spiro atoms. The molecule has 2 aliphatic heterocycles. The summed E-state index contributed by atoms with van der Waals surface area (Å²) in [7, 11) is 0. The molecule has 2 heterocycles. The van der Waals surface area contributed by atoms with Gasteiger partial charge in [0.25, 0.3) is 5.91 Å². The minimum absolute atomic E-state index is 0.147. The van der Waals surface area contributed by atoms with E-state index in [1.807, 2.05) is 29.2 Å². The Kier molecular flexibility index (Phi) is 5.67. The number of para-hydroxylation sites is 1. The van der Waals surface area contributed by atoms with Crippen LogP contribution in [-0.2, 0) is 0 Å². The third-order valence-electron chi connectivity index (χ3n) is 6.44. The van der Waals surface area contributed by atoms with Crippen molar-refractivity contribution in [3.05, 3.63) is 59.2 Å². The Morgan fingerprint density at radius 1 is 0.893 bits per heavy atom. The van der Waals surface area contributed by atoms with Crippen molar-refractivity contribution < 1.29 is 4.79 Å². The van der Waals surface area contributed by atoms with Gasteiger partial charge in [0.05, 0.1) is 11.3 Å². The predicted molar refractivity (Wildman–Crippen MR) is 115 cm³/mol. The summed E-state index contributed by atoms with van der Waals surface area (Å²) in [6, 6.07) is 14.8. The van der Waals surface area contributed by atoms with Crippen molar-refractivity contribution in [1.82, 2.24) is 9.80 Å². The molecule has 4 rings (SSSR count). The minimum Gasteiger partial charge on any atom is -0.355 e. The van der Waals surface area contributed by atoms with Crippen LogP contribution in [0.15, 0.2) is 42.5 Å². The van der Waals surface area contributed by atoms with Crippen molar-refractivity contribution in [3.63, 3.8) is 0 Å². The number of nitrogens with one attached hydrogen (secondary N) is 1. The van der Waals surface area contributed by atoms with E-state index < -0.39 is 0 Å². The molecule has 4 heteroatoms. The number of piperidine rings is 1.